The van der Waals surface area contributed by atoms with E-state index < -0.39 is 0 Å². The summed E-state index contributed by atoms with van der Waals surface area (Å²) in [6.07, 6.45) is 0.452. The Morgan fingerprint density at radius 2 is 2.16 bits per heavy atom. The second kappa shape index (κ2) is 6.29. The Morgan fingerprint density at radius 1 is 1.47 bits per heavy atom. The molecule has 106 valence electrons. The molecule has 1 aliphatic heterocycles. The van der Waals surface area contributed by atoms with Gasteiger partial charge in [0.15, 0.2) is 4.77 Å². The van der Waals surface area contributed by atoms with Gasteiger partial charge in [0.1, 0.15) is 5.82 Å². The van der Waals surface area contributed by atoms with Gasteiger partial charge in [-0.3, -0.25) is 9.89 Å². The molecule has 1 saturated heterocycles. The predicted molar refractivity (Wildman–Crippen MR) is 73.5 cm³/mol. The van der Waals surface area contributed by atoms with Crippen LogP contribution in [0.4, 0.5) is 0 Å². The van der Waals surface area contributed by atoms with Gasteiger partial charge in [-0.05, 0) is 12.2 Å². The molecule has 7 heteroatoms. The molecule has 1 aromatic heterocycles. The molecular weight excluding hydrogens is 264 g/mol. The monoisotopic (exact) mass is 284 g/mol. The van der Waals surface area contributed by atoms with Gasteiger partial charge in [-0.25, -0.2) is 0 Å². The van der Waals surface area contributed by atoms with E-state index in [1.165, 1.54) is 0 Å². The molecule has 1 aliphatic rings. The number of aromatic nitrogens is 3. The van der Waals surface area contributed by atoms with Crippen LogP contribution in [0.2, 0.25) is 0 Å². The number of ether oxygens (including phenoxy) is 1. The van der Waals surface area contributed by atoms with Crippen molar-refractivity contribution in [2.24, 2.45) is 0 Å². The van der Waals surface area contributed by atoms with Crippen molar-refractivity contribution in [3.8, 4) is 0 Å². The third-order valence-electron chi connectivity index (χ3n) is 3.22. The fraction of sp³-hybridized carbons (Fsp3) is 0.750. The van der Waals surface area contributed by atoms with Crippen molar-refractivity contribution < 1.29 is 9.53 Å². The number of rotatable bonds is 4. The molecule has 0 unspecified atom stereocenters. The minimum Gasteiger partial charge on any atom is -0.378 e. The van der Waals surface area contributed by atoms with Gasteiger partial charge in [-0.1, -0.05) is 13.8 Å². The Bertz CT molecular complexity index is 488. The minimum absolute atomic E-state index is 0.154. The molecule has 2 heterocycles. The predicted octanol–water partition coefficient (Wildman–Crippen LogP) is 1.31. The van der Waals surface area contributed by atoms with Gasteiger partial charge in [0.25, 0.3) is 0 Å². The lowest BCUT2D eigenvalue weighted by Crippen LogP contribution is -2.41. The normalized spacial score (nSPS) is 16.1. The highest BCUT2D eigenvalue weighted by atomic mass is 32.1. The Kier molecular flexibility index (Phi) is 4.71. The first-order valence-electron chi connectivity index (χ1n) is 6.60. The van der Waals surface area contributed by atoms with Crippen molar-refractivity contribution in [3.05, 3.63) is 10.6 Å². The number of hydrogen-bond donors (Lipinski definition) is 1. The van der Waals surface area contributed by atoms with Gasteiger partial charge in [0, 0.05) is 32.0 Å². The molecule has 1 aromatic rings. The summed E-state index contributed by atoms with van der Waals surface area (Å²) in [6.45, 7) is 7.34. The zero-order chi connectivity index (χ0) is 13.8. The van der Waals surface area contributed by atoms with Crippen molar-refractivity contribution in [3.63, 3.8) is 0 Å². The first-order chi connectivity index (χ1) is 9.09. The van der Waals surface area contributed by atoms with Crippen LogP contribution in [-0.4, -0.2) is 51.9 Å². The molecule has 0 spiro atoms. The van der Waals surface area contributed by atoms with E-state index in [2.05, 4.69) is 24.0 Å². The molecule has 0 aliphatic carbocycles. The number of carbonyl (C=O) groups is 1. The molecule has 0 saturated carbocycles. The van der Waals surface area contributed by atoms with Crippen molar-refractivity contribution in [2.75, 3.05) is 26.3 Å². The maximum atomic E-state index is 12.1. The molecule has 2 rings (SSSR count). The van der Waals surface area contributed by atoms with Crippen molar-refractivity contribution in [1.29, 1.82) is 0 Å². The first kappa shape index (κ1) is 14.2. The van der Waals surface area contributed by atoms with Gasteiger partial charge in [-0.15, -0.1) is 0 Å². The molecule has 0 atom stereocenters. The van der Waals surface area contributed by atoms with E-state index in [1.54, 1.807) is 0 Å². The van der Waals surface area contributed by atoms with Crippen molar-refractivity contribution >= 4 is 18.1 Å². The second-order valence-corrected chi connectivity index (χ2v) is 5.32. The summed E-state index contributed by atoms with van der Waals surface area (Å²) in [4.78, 5) is 13.9. The van der Waals surface area contributed by atoms with E-state index in [4.69, 9.17) is 17.0 Å². The van der Waals surface area contributed by atoms with Crippen LogP contribution >= 0.6 is 12.2 Å². The highest BCUT2D eigenvalue weighted by Crippen LogP contribution is 2.12. The molecular formula is C12H20N4O2S. The lowest BCUT2D eigenvalue weighted by atomic mass is 10.2. The lowest BCUT2D eigenvalue weighted by Gasteiger charge is -2.27. The van der Waals surface area contributed by atoms with E-state index in [1.807, 2.05) is 9.47 Å². The van der Waals surface area contributed by atoms with Crippen LogP contribution in [0.3, 0.4) is 0 Å². The van der Waals surface area contributed by atoms with Gasteiger partial charge < -0.3 is 14.2 Å². The molecule has 19 heavy (non-hydrogen) atoms. The highest BCUT2D eigenvalue weighted by Gasteiger charge is 2.18. The van der Waals surface area contributed by atoms with Crippen LogP contribution in [0.5, 0.6) is 0 Å². The van der Waals surface area contributed by atoms with E-state index in [9.17, 15) is 4.79 Å². The molecule has 1 fully saturated rings. The number of amides is 1. The third-order valence-corrected chi connectivity index (χ3v) is 3.53. The second-order valence-electron chi connectivity index (χ2n) is 4.94. The van der Waals surface area contributed by atoms with E-state index in [-0.39, 0.29) is 11.8 Å². The van der Waals surface area contributed by atoms with Crippen LogP contribution in [0, 0.1) is 4.77 Å². The van der Waals surface area contributed by atoms with Crippen LogP contribution in [0.15, 0.2) is 0 Å². The third kappa shape index (κ3) is 3.42. The fourth-order valence-electron chi connectivity index (χ4n) is 2.17. The smallest absolute Gasteiger partial charge is 0.224 e. The molecule has 0 radical (unpaired) electrons. The largest absolute Gasteiger partial charge is 0.378 e. The Hall–Kier alpha value is -1.21. The highest BCUT2D eigenvalue weighted by molar-refractivity contribution is 7.71. The number of nitrogens with zero attached hydrogens (tertiary/aromatic N) is 3. The lowest BCUT2D eigenvalue weighted by molar-refractivity contribution is -0.135. The topological polar surface area (TPSA) is 63.2 Å². The molecule has 6 nitrogen and oxygen atoms in total. The molecule has 0 bridgehead atoms. The number of hydrogen-bond acceptors (Lipinski definition) is 4. The number of nitrogens with one attached hydrogen (secondary N) is 1. The summed E-state index contributed by atoms with van der Waals surface area (Å²) in [5.74, 6) is 1.34. The summed E-state index contributed by atoms with van der Waals surface area (Å²) in [5.41, 5.74) is 0. The zero-order valence-corrected chi connectivity index (χ0v) is 12.2. The van der Waals surface area contributed by atoms with E-state index in [0.717, 1.165) is 5.82 Å². The minimum atomic E-state index is 0.154. The van der Waals surface area contributed by atoms with Crippen LogP contribution in [0.25, 0.3) is 0 Å². The number of carbonyl (C=O) groups excluding carboxylic acids is 1. The first-order valence-corrected chi connectivity index (χ1v) is 7.01. The van der Waals surface area contributed by atoms with E-state index >= 15 is 0 Å². The van der Waals surface area contributed by atoms with Gasteiger partial charge >= 0.3 is 0 Å². The maximum absolute atomic E-state index is 12.1. The van der Waals surface area contributed by atoms with E-state index in [0.29, 0.717) is 44.0 Å². The quantitative estimate of drug-likeness (QED) is 0.847. The van der Waals surface area contributed by atoms with Gasteiger partial charge in [0.2, 0.25) is 5.91 Å². The van der Waals surface area contributed by atoms with Crippen molar-refractivity contribution in [1.82, 2.24) is 19.7 Å². The standard InChI is InChI=1S/C12H20N4O2S/c1-9(2)11-13-14-12(19)16(11)4-3-10(17)15-5-7-18-8-6-15/h9H,3-8H2,1-2H3,(H,14,19). The Balaban J connectivity index is 1.96. The van der Waals surface area contributed by atoms with Crippen LogP contribution in [-0.2, 0) is 16.1 Å². The maximum Gasteiger partial charge on any atom is 0.224 e. The molecule has 1 N–H and O–H groups in total. The number of H-pyrrole nitrogens is 1. The zero-order valence-electron chi connectivity index (χ0n) is 11.4. The van der Waals surface area contributed by atoms with Crippen LogP contribution in [0.1, 0.15) is 32.0 Å². The number of morpholine rings is 1. The summed E-state index contributed by atoms with van der Waals surface area (Å²) in [5, 5.41) is 7.00. The molecule has 1 amide bonds. The average molecular weight is 284 g/mol. The SMILES string of the molecule is CC(C)c1n[nH]c(=S)n1CCC(=O)N1CCOCC1. The Labute approximate surface area is 117 Å². The molecule has 0 aromatic carbocycles. The summed E-state index contributed by atoms with van der Waals surface area (Å²) in [7, 11) is 0. The summed E-state index contributed by atoms with van der Waals surface area (Å²) in [6, 6.07) is 0. The van der Waals surface area contributed by atoms with Crippen molar-refractivity contribution in [2.45, 2.75) is 32.7 Å². The summed E-state index contributed by atoms with van der Waals surface area (Å²) < 4.78 is 7.74. The van der Waals surface area contributed by atoms with Crippen LogP contribution < -0.4 is 0 Å². The van der Waals surface area contributed by atoms with Gasteiger partial charge in [-0.2, -0.15) is 5.10 Å². The average Bonchev–Trinajstić information content (AvgIpc) is 2.78. The Morgan fingerprint density at radius 3 is 2.79 bits per heavy atom. The summed E-state index contributed by atoms with van der Waals surface area (Å²) >= 11 is 5.20. The van der Waals surface area contributed by atoms with Gasteiger partial charge in [0.05, 0.1) is 13.2 Å². The fourth-order valence-corrected chi connectivity index (χ4v) is 2.40. The number of aromatic amines is 1.